The van der Waals surface area contributed by atoms with Gasteiger partial charge in [-0.2, -0.15) is 0 Å². The number of nitrogens with zero attached hydrogens (tertiary/aromatic N) is 1. The minimum atomic E-state index is -0.947. The number of nitrogens with two attached hydrogens (primary N) is 1. The van der Waals surface area contributed by atoms with Gasteiger partial charge >= 0.3 is 0 Å². The Bertz CT molecular complexity index is 1250. The van der Waals surface area contributed by atoms with Crippen LogP contribution in [0.2, 0.25) is 0 Å². The number of benzene rings is 2. The fourth-order valence-corrected chi connectivity index (χ4v) is 4.21. The second-order valence-electron chi connectivity index (χ2n) is 8.35. The van der Waals surface area contributed by atoms with Crippen LogP contribution in [0, 0.1) is 17.5 Å². The summed E-state index contributed by atoms with van der Waals surface area (Å²) in [6.07, 6.45) is 1.08. The van der Waals surface area contributed by atoms with E-state index >= 15 is 0 Å². The van der Waals surface area contributed by atoms with Gasteiger partial charge in [-0.25, -0.2) is 13.2 Å². The van der Waals surface area contributed by atoms with Crippen LogP contribution in [0.5, 0.6) is 0 Å². The minimum Gasteiger partial charge on any atom is -0.392 e. The van der Waals surface area contributed by atoms with Crippen molar-refractivity contribution in [1.29, 1.82) is 0 Å². The Kier molecular flexibility index (Phi) is 7.13. The van der Waals surface area contributed by atoms with Crippen molar-refractivity contribution in [1.82, 2.24) is 15.6 Å². The lowest BCUT2D eigenvalue weighted by atomic mass is 9.89. The molecule has 10 heteroatoms. The molecule has 0 spiro atoms. The largest absolute Gasteiger partial charge is 0.392 e. The van der Waals surface area contributed by atoms with E-state index < -0.39 is 41.4 Å². The Hall–Kier alpha value is -3.76. The summed E-state index contributed by atoms with van der Waals surface area (Å²) in [4.78, 5) is 28.7. The Balaban J connectivity index is 1.75. The third kappa shape index (κ3) is 5.50. The second-order valence-corrected chi connectivity index (χ2v) is 8.35. The van der Waals surface area contributed by atoms with Crippen molar-refractivity contribution in [3.63, 3.8) is 0 Å². The molecule has 2 aromatic carbocycles. The summed E-state index contributed by atoms with van der Waals surface area (Å²) in [6.45, 7) is 0.220. The lowest BCUT2D eigenvalue weighted by Crippen LogP contribution is -2.42. The lowest BCUT2D eigenvalue weighted by Gasteiger charge is -2.22. The van der Waals surface area contributed by atoms with E-state index in [1.54, 1.807) is 12.1 Å². The number of hydrogen-bond acceptors (Lipinski definition) is 5. The van der Waals surface area contributed by atoms with Crippen LogP contribution in [0.15, 0.2) is 54.7 Å². The molecule has 3 atom stereocenters. The van der Waals surface area contributed by atoms with Gasteiger partial charge in [0, 0.05) is 36.8 Å². The zero-order valence-electron chi connectivity index (χ0n) is 18.5. The number of primary amides is 1. The van der Waals surface area contributed by atoms with Gasteiger partial charge in [0.15, 0.2) is 0 Å². The Morgan fingerprint density at radius 2 is 1.89 bits per heavy atom. The number of aromatic nitrogens is 1. The molecular weight excluding hydrogens is 461 g/mol. The highest BCUT2D eigenvalue weighted by Crippen LogP contribution is 2.33. The van der Waals surface area contributed by atoms with Gasteiger partial charge in [-0.15, -0.1) is 0 Å². The van der Waals surface area contributed by atoms with Gasteiger partial charge in [0.1, 0.15) is 17.5 Å². The van der Waals surface area contributed by atoms with Gasteiger partial charge in [0.2, 0.25) is 5.91 Å². The zero-order valence-corrected chi connectivity index (χ0v) is 18.5. The molecule has 0 radical (unpaired) electrons. The van der Waals surface area contributed by atoms with E-state index in [1.165, 1.54) is 18.3 Å². The third-order valence-electron chi connectivity index (χ3n) is 5.90. The molecule has 3 aromatic rings. The van der Waals surface area contributed by atoms with Crippen molar-refractivity contribution in [2.45, 2.75) is 24.5 Å². The van der Waals surface area contributed by atoms with Crippen LogP contribution in [-0.2, 0) is 4.79 Å². The van der Waals surface area contributed by atoms with E-state index in [2.05, 4.69) is 15.6 Å². The number of amides is 2. The van der Waals surface area contributed by atoms with Gasteiger partial charge < -0.3 is 21.5 Å². The van der Waals surface area contributed by atoms with Gasteiger partial charge in [-0.05, 0) is 47.9 Å². The van der Waals surface area contributed by atoms with E-state index in [0.29, 0.717) is 16.8 Å². The second kappa shape index (κ2) is 10.2. The summed E-state index contributed by atoms with van der Waals surface area (Å²) in [6, 6.07) is 9.54. The smallest absolute Gasteiger partial charge is 0.251 e. The molecule has 1 aliphatic heterocycles. The molecule has 5 N–H and O–H groups in total. The van der Waals surface area contributed by atoms with Crippen molar-refractivity contribution < 1.29 is 27.9 Å². The standard InChI is InChI=1S/C25H23F3N4O3/c26-15-6-14(7-16(27)9-15)20(12-32-25(35)22-10-17(33)11-31-22)23-18(2-1-5-30-23)13-3-4-21(28)19(8-13)24(29)34/h1-9,17,20,22,31,33H,10-12H2,(H2,29,34)(H,32,35)/t17-,20+,22+/m1/s1. The summed E-state index contributed by atoms with van der Waals surface area (Å²) in [5.74, 6) is -4.50. The molecule has 0 saturated carbocycles. The van der Waals surface area contributed by atoms with E-state index in [1.807, 2.05) is 0 Å². The number of hydrogen-bond donors (Lipinski definition) is 4. The maximum atomic E-state index is 14.1. The fraction of sp³-hybridized carbons (Fsp3) is 0.240. The number of pyridine rings is 1. The van der Waals surface area contributed by atoms with Crippen molar-refractivity contribution >= 4 is 11.8 Å². The van der Waals surface area contributed by atoms with Crippen LogP contribution < -0.4 is 16.4 Å². The number of rotatable bonds is 7. The first-order chi connectivity index (χ1) is 16.7. The number of carbonyl (C=O) groups excluding carboxylic acids is 2. The first-order valence-electron chi connectivity index (χ1n) is 10.9. The first kappa shape index (κ1) is 24.4. The summed E-state index contributed by atoms with van der Waals surface area (Å²) >= 11 is 0. The highest BCUT2D eigenvalue weighted by Gasteiger charge is 2.29. The normalized spacial score (nSPS) is 18.3. The van der Waals surface area contributed by atoms with E-state index in [4.69, 9.17) is 5.73 Å². The average Bonchev–Trinajstić information content (AvgIpc) is 3.25. The molecule has 35 heavy (non-hydrogen) atoms. The lowest BCUT2D eigenvalue weighted by molar-refractivity contribution is -0.122. The number of carbonyl (C=O) groups is 2. The van der Waals surface area contributed by atoms with Crippen molar-refractivity contribution in [3.05, 3.63) is 89.0 Å². The molecule has 0 unspecified atom stereocenters. The Morgan fingerprint density at radius 3 is 2.54 bits per heavy atom. The summed E-state index contributed by atoms with van der Waals surface area (Å²) in [7, 11) is 0. The van der Waals surface area contributed by atoms with Crippen molar-refractivity contribution in [3.8, 4) is 11.1 Å². The molecule has 0 bridgehead atoms. The molecule has 1 aliphatic rings. The molecule has 182 valence electrons. The van der Waals surface area contributed by atoms with E-state index in [0.717, 1.165) is 24.3 Å². The average molecular weight is 484 g/mol. The van der Waals surface area contributed by atoms with Crippen LogP contribution in [-0.4, -0.2) is 47.1 Å². The molecule has 1 saturated heterocycles. The number of halogens is 3. The quantitative estimate of drug-likeness (QED) is 0.410. The fourth-order valence-electron chi connectivity index (χ4n) is 4.21. The molecule has 2 heterocycles. The van der Waals surface area contributed by atoms with Crippen molar-refractivity contribution in [2.24, 2.45) is 5.73 Å². The maximum Gasteiger partial charge on any atom is 0.251 e. The highest BCUT2D eigenvalue weighted by atomic mass is 19.1. The SMILES string of the molecule is NC(=O)c1cc(-c2cccnc2[C@@H](CNC(=O)[C@@H]2C[C@@H](O)CN2)c2cc(F)cc(F)c2)ccc1F. The minimum absolute atomic E-state index is 0.0656. The van der Waals surface area contributed by atoms with E-state index in [-0.39, 0.29) is 36.5 Å². The maximum absolute atomic E-state index is 14.1. The number of aliphatic hydroxyl groups excluding tert-OH is 1. The summed E-state index contributed by atoms with van der Waals surface area (Å²) in [5.41, 5.74) is 6.42. The van der Waals surface area contributed by atoms with Crippen LogP contribution in [0.4, 0.5) is 13.2 Å². The first-order valence-corrected chi connectivity index (χ1v) is 10.9. The monoisotopic (exact) mass is 484 g/mol. The Labute approximate surface area is 199 Å². The predicted octanol–water partition coefficient (Wildman–Crippen LogP) is 2.24. The third-order valence-corrected chi connectivity index (χ3v) is 5.90. The Morgan fingerprint density at radius 1 is 1.14 bits per heavy atom. The molecular formula is C25H23F3N4O3. The van der Waals surface area contributed by atoms with E-state index in [9.17, 15) is 27.9 Å². The van der Waals surface area contributed by atoms with Gasteiger partial charge in [-0.1, -0.05) is 12.1 Å². The molecule has 0 aliphatic carbocycles. The zero-order chi connectivity index (χ0) is 25.1. The summed E-state index contributed by atoms with van der Waals surface area (Å²) < 4.78 is 42.3. The number of aliphatic hydroxyl groups is 1. The van der Waals surface area contributed by atoms with Crippen LogP contribution in [0.3, 0.4) is 0 Å². The van der Waals surface area contributed by atoms with Gasteiger partial charge in [0.25, 0.3) is 5.91 Å². The molecule has 1 aromatic heterocycles. The van der Waals surface area contributed by atoms with Gasteiger partial charge in [0.05, 0.1) is 23.4 Å². The molecule has 4 rings (SSSR count). The molecule has 2 amide bonds. The van der Waals surface area contributed by atoms with Crippen molar-refractivity contribution in [2.75, 3.05) is 13.1 Å². The van der Waals surface area contributed by atoms with Crippen LogP contribution in [0.1, 0.15) is 34.0 Å². The van der Waals surface area contributed by atoms with Crippen LogP contribution in [0.25, 0.3) is 11.1 Å². The molecule has 1 fully saturated rings. The number of nitrogens with one attached hydrogen (secondary N) is 2. The number of β-amino-alcohol motifs (C(OH)–C–C–N with tert-alkyl or cyclic N) is 1. The van der Waals surface area contributed by atoms with Gasteiger partial charge in [-0.3, -0.25) is 14.6 Å². The summed E-state index contributed by atoms with van der Waals surface area (Å²) in [5, 5.41) is 15.4. The predicted molar refractivity (Wildman–Crippen MR) is 122 cm³/mol. The topological polar surface area (TPSA) is 117 Å². The highest BCUT2D eigenvalue weighted by molar-refractivity contribution is 5.94. The van der Waals surface area contributed by atoms with Crippen LogP contribution >= 0.6 is 0 Å². The molecule has 7 nitrogen and oxygen atoms in total.